The summed E-state index contributed by atoms with van der Waals surface area (Å²) in [5, 5.41) is 0. The van der Waals surface area contributed by atoms with Gasteiger partial charge in [-0.2, -0.15) is 0 Å². The second kappa shape index (κ2) is 12.4. The summed E-state index contributed by atoms with van der Waals surface area (Å²) in [4.78, 5) is 2.31. The van der Waals surface area contributed by atoms with Gasteiger partial charge in [-0.05, 0) is 0 Å². The van der Waals surface area contributed by atoms with Gasteiger partial charge in [-0.15, -0.1) is 0 Å². The third kappa shape index (κ3) is 9.30. The Hall–Kier alpha value is 0.349. The fourth-order valence-corrected chi connectivity index (χ4v) is 5.08. The summed E-state index contributed by atoms with van der Waals surface area (Å²) in [6.07, 6.45) is 14.4. The van der Waals surface area contributed by atoms with Crippen molar-refractivity contribution in [3.05, 3.63) is 17.1 Å². The van der Waals surface area contributed by atoms with Crippen LogP contribution in [0.5, 0.6) is 0 Å². The van der Waals surface area contributed by atoms with Crippen molar-refractivity contribution < 1.29 is 0 Å². The molecule has 0 aliphatic heterocycles. The van der Waals surface area contributed by atoms with Gasteiger partial charge < -0.3 is 0 Å². The minimum absolute atomic E-state index is 0.670. The van der Waals surface area contributed by atoms with E-state index < -0.39 is 0 Å². The van der Waals surface area contributed by atoms with Crippen molar-refractivity contribution in [2.45, 2.75) is 74.9 Å². The molecule has 0 spiro atoms. The number of rotatable bonds is 12. The molecule has 0 saturated carbocycles. The van der Waals surface area contributed by atoms with Gasteiger partial charge in [0.25, 0.3) is 0 Å². The maximum atomic E-state index is 2.31. The number of hydrogen-bond acceptors (Lipinski definition) is 1. The zero-order valence-electron chi connectivity index (χ0n) is 11.8. The molecule has 0 fully saturated rings. The molecule has 0 bridgehead atoms. The Morgan fingerprint density at radius 1 is 0.889 bits per heavy atom. The molecule has 18 heavy (non-hydrogen) atoms. The summed E-state index contributed by atoms with van der Waals surface area (Å²) in [7, 11) is 0. The molecule has 0 saturated heterocycles. The molecule has 0 aliphatic rings. The molecule has 0 N–H and O–H groups in total. The summed E-state index contributed by atoms with van der Waals surface area (Å²) < 4.78 is 1.62. The SMILES string of the molecule is CCCCCCCCCCCCSc1ccc[se]1. The Morgan fingerprint density at radius 2 is 1.50 bits per heavy atom. The molecule has 0 aliphatic carbocycles. The fraction of sp³-hybridized carbons (Fsp3) is 0.750. The zero-order chi connectivity index (χ0) is 12.9. The Kier molecular flexibility index (Phi) is 11.3. The van der Waals surface area contributed by atoms with E-state index in [0.717, 1.165) is 0 Å². The van der Waals surface area contributed by atoms with Gasteiger partial charge >= 0.3 is 111 Å². The van der Waals surface area contributed by atoms with Crippen LogP contribution in [0.15, 0.2) is 20.8 Å². The summed E-state index contributed by atoms with van der Waals surface area (Å²) in [5.74, 6) is 1.34. The molecule has 0 nitrogen and oxygen atoms in total. The van der Waals surface area contributed by atoms with Crippen LogP contribution in [0.25, 0.3) is 0 Å². The average molecular weight is 331 g/mol. The van der Waals surface area contributed by atoms with Crippen molar-refractivity contribution >= 4 is 26.3 Å². The molecule has 0 atom stereocenters. The van der Waals surface area contributed by atoms with Gasteiger partial charge in [0.15, 0.2) is 0 Å². The molecule has 0 unspecified atom stereocenters. The van der Waals surface area contributed by atoms with Crippen molar-refractivity contribution in [2.24, 2.45) is 0 Å². The molecule has 1 aromatic rings. The van der Waals surface area contributed by atoms with Crippen molar-refractivity contribution in [3.63, 3.8) is 0 Å². The van der Waals surface area contributed by atoms with Crippen LogP contribution in [0.4, 0.5) is 0 Å². The number of thioether (sulfide) groups is 1. The summed E-state index contributed by atoms with van der Waals surface area (Å²) in [5.41, 5.74) is 0. The normalized spacial score (nSPS) is 10.9. The van der Waals surface area contributed by atoms with Gasteiger partial charge in [-0.1, -0.05) is 13.3 Å². The van der Waals surface area contributed by atoms with E-state index in [0.29, 0.717) is 14.5 Å². The van der Waals surface area contributed by atoms with Gasteiger partial charge in [0.2, 0.25) is 0 Å². The topological polar surface area (TPSA) is 0 Å². The molecule has 1 rings (SSSR count). The van der Waals surface area contributed by atoms with Crippen molar-refractivity contribution in [3.8, 4) is 0 Å². The molecule has 0 radical (unpaired) electrons. The average Bonchev–Trinajstić information content (AvgIpc) is 2.89. The van der Waals surface area contributed by atoms with Crippen LogP contribution in [0.2, 0.25) is 0 Å². The van der Waals surface area contributed by atoms with E-state index >= 15 is 0 Å². The minimum atomic E-state index is 0.670. The fourth-order valence-electron chi connectivity index (χ4n) is 2.11. The second-order valence-corrected chi connectivity index (χ2v) is 8.67. The van der Waals surface area contributed by atoms with E-state index in [2.05, 4.69) is 35.8 Å². The first-order valence-electron chi connectivity index (χ1n) is 7.60. The summed E-state index contributed by atoms with van der Waals surface area (Å²) in [6, 6.07) is 4.50. The standard InChI is InChI=1S/C16H28SSe/c1-2-3-4-5-6-7-8-9-10-11-14-17-16-13-12-15-18-16/h12-13,15H,2-11,14H2,1H3. The van der Waals surface area contributed by atoms with Gasteiger partial charge in [0.05, 0.1) is 0 Å². The first-order valence-corrected chi connectivity index (χ1v) is 10.4. The molecule has 1 heterocycles. The summed E-state index contributed by atoms with van der Waals surface area (Å²) in [6.45, 7) is 2.29. The predicted molar refractivity (Wildman–Crippen MR) is 86.0 cm³/mol. The molecule has 2 heteroatoms. The number of hydrogen-bond donors (Lipinski definition) is 0. The first-order chi connectivity index (χ1) is 8.93. The van der Waals surface area contributed by atoms with E-state index in [-0.39, 0.29) is 0 Å². The van der Waals surface area contributed by atoms with Gasteiger partial charge in [0, 0.05) is 0 Å². The van der Waals surface area contributed by atoms with Crippen LogP contribution >= 0.6 is 11.8 Å². The van der Waals surface area contributed by atoms with Crippen LogP contribution in [-0.2, 0) is 0 Å². The third-order valence-corrected chi connectivity index (χ3v) is 6.78. The first kappa shape index (κ1) is 16.4. The van der Waals surface area contributed by atoms with E-state index in [1.807, 2.05) is 0 Å². The Balaban J connectivity index is 1.73. The van der Waals surface area contributed by atoms with Crippen LogP contribution in [0.3, 0.4) is 0 Å². The monoisotopic (exact) mass is 332 g/mol. The molecule has 0 aromatic carbocycles. The summed E-state index contributed by atoms with van der Waals surface area (Å²) >= 11 is 2.76. The molecule has 104 valence electrons. The van der Waals surface area contributed by atoms with Gasteiger partial charge in [0.1, 0.15) is 0 Å². The van der Waals surface area contributed by atoms with E-state index in [4.69, 9.17) is 0 Å². The molecular weight excluding hydrogens is 303 g/mol. The van der Waals surface area contributed by atoms with E-state index in [1.54, 1.807) is 3.77 Å². The third-order valence-electron chi connectivity index (χ3n) is 3.24. The molecular formula is C16H28SSe. The Morgan fingerprint density at radius 3 is 2.06 bits per heavy atom. The van der Waals surface area contributed by atoms with E-state index in [9.17, 15) is 0 Å². The quantitative estimate of drug-likeness (QED) is 0.267. The van der Waals surface area contributed by atoms with Crippen molar-refractivity contribution in [1.29, 1.82) is 0 Å². The van der Waals surface area contributed by atoms with Crippen LogP contribution in [-0.4, -0.2) is 20.3 Å². The van der Waals surface area contributed by atoms with Crippen LogP contribution in [0.1, 0.15) is 71.1 Å². The van der Waals surface area contributed by atoms with E-state index in [1.165, 1.54) is 70.0 Å². The Bertz CT molecular complexity index is 256. The van der Waals surface area contributed by atoms with Gasteiger partial charge in [-0.25, -0.2) is 0 Å². The zero-order valence-corrected chi connectivity index (χ0v) is 14.4. The maximum absolute atomic E-state index is 2.31. The van der Waals surface area contributed by atoms with Crippen molar-refractivity contribution in [2.75, 3.05) is 5.75 Å². The second-order valence-electron chi connectivity index (χ2n) is 4.96. The Labute approximate surface area is 124 Å². The number of unbranched alkanes of at least 4 members (excludes halogenated alkanes) is 9. The molecule has 0 amide bonds. The predicted octanol–water partition coefficient (Wildman–Crippen LogP) is 5.76. The van der Waals surface area contributed by atoms with Gasteiger partial charge in [-0.3, -0.25) is 0 Å². The van der Waals surface area contributed by atoms with Crippen molar-refractivity contribution in [1.82, 2.24) is 0 Å². The molecule has 1 aromatic heterocycles. The van der Waals surface area contributed by atoms with Crippen LogP contribution in [0, 0.1) is 0 Å². The van der Waals surface area contributed by atoms with Crippen LogP contribution < -0.4 is 0 Å².